The predicted octanol–water partition coefficient (Wildman–Crippen LogP) is 5.79. The van der Waals surface area contributed by atoms with Gasteiger partial charge in [-0.2, -0.15) is 0 Å². The minimum Gasteiger partial charge on any atom is -0.374 e. The first-order chi connectivity index (χ1) is 12.7. The second-order valence-electron chi connectivity index (χ2n) is 6.98. The molecule has 0 radical (unpaired) electrons. The number of benzene rings is 2. The first kappa shape index (κ1) is 19.2. The Kier molecular flexibility index (Phi) is 6.93. The Balaban J connectivity index is 1.83. The third-order valence-corrected chi connectivity index (χ3v) is 5.93. The molecule has 3 rings (SSSR count). The molecule has 2 nitrogen and oxygen atoms in total. The van der Waals surface area contributed by atoms with Crippen LogP contribution in [0.3, 0.4) is 0 Å². The van der Waals surface area contributed by atoms with Gasteiger partial charge in [0.25, 0.3) is 0 Å². The lowest BCUT2D eigenvalue weighted by atomic mass is 9.86. The van der Waals surface area contributed by atoms with Gasteiger partial charge in [-0.1, -0.05) is 84.4 Å². The molecule has 1 fully saturated rings. The van der Waals surface area contributed by atoms with E-state index in [1.165, 1.54) is 21.3 Å². The predicted molar refractivity (Wildman–Crippen MR) is 112 cm³/mol. The minimum absolute atomic E-state index is 0.173. The molecule has 2 unspecified atom stereocenters. The van der Waals surface area contributed by atoms with E-state index in [0.717, 1.165) is 39.0 Å². The van der Waals surface area contributed by atoms with Crippen molar-refractivity contribution in [3.05, 3.63) is 82.5 Å². The number of rotatable bonds is 7. The van der Waals surface area contributed by atoms with Crippen molar-refractivity contribution < 1.29 is 4.74 Å². The van der Waals surface area contributed by atoms with Crippen LogP contribution in [0, 0.1) is 0 Å². The van der Waals surface area contributed by atoms with Gasteiger partial charge in [-0.25, -0.2) is 0 Å². The van der Waals surface area contributed by atoms with Crippen LogP contribution in [0.25, 0.3) is 0 Å². The fourth-order valence-electron chi connectivity index (χ4n) is 3.72. The highest BCUT2D eigenvalue weighted by Crippen LogP contribution is 2.32. The summed E-state index contributed by atoms with van der Waals surface area (Å²) in [6, 6.07) is 19.3. The molecule has 1 heterocycles. The van der Waals surface area contributed by atoms with Crippen molar-refractivity contribution in [3.63, 3.8) is 0 Å². The second kappa shape index (κ2) is 9.38. The molecule has 2 aromatic carbocycles. The van der Waals surface area contributed by atoms with Crippen LogP contribution in [0.1, 0.15) is 36.8 Å². The summed E-state index contributed by atoms with van der Waals surface area (Å²) in [4.78, 5) is 2.42. The quantitative estimate of drug-likeness (QED) is 0.569. The zero-order valence-corrected chi connectivity index (χ0v) is 17.1. The number of ether oxygens (including phenoxy) is 1. The third-order valence-electron chi connectivity index (χ3n) is 5.15. The molecule has 0 spiro atoms. The van der Waals surface area contributed by atoms with Crippen LogP contribution in [0.4, 0.5) is 0 Å². The van der Waals surface area contributed by atoms with Crippen LogP contribution in [0.5, 0.6) is 0 Å². The molecule has 2 atom stereocenters. The van der Waals surface area contributed by atoms with Crippen molar-refractivity contribution in [1.29, 1.82) is 0 Å². The van der Waals surface area contributed by atoms with Crippen LogP contribution in [0.2, 0.25) is 0 Å². The summed E-state index contributed by atoms with van der Waals surface area (Å²) in [5, 5.41) is 0. The van der Waals surface area contributed by atoms with E-state index in [9.17, 15) is 0 Å². The van der Waals surface area contributed by atoms with Crippen LogP contribution >= 0.6 is 15.9 Å². The largest absolute Gasteiger partial charge is 0.374 e. The van der Waals surface area contributed by atoms with Gasteiger partial charge >= 0.3 is 0 Å². The van der Waals surface area contributed by atoms with Gasteiger partial charge in [-0.3, -0.25) is 0 Å². The van der Waals surface area contributed by atoms with Crippen molar-refractivity contribution in [1.82, 2.24) is 4.90 Å². The fourth-order valence-corrected chi connectivity index (χ4v) is 4.16. The van der Waals surface area contributed by atoms with E-state index >= 15 is 0 Å². The molecule has 2 aromatic rings. The van der Waals surface area contributed by atoms with E-state index in [-0.39, 0.29) is 6.10 Å². The van der Waals surface area contributed by atoms with Gasteiger partial charge in [0.15, 0.2) is 0 Å². The van der Waals surface area contributed by atoms with Crippen LogP contribution < -0.4 is 0 Å². The van der Waals surface area contributed by atoms with E-state index in [2.05, 4.69) is 88.9 Å². The van der Waals surface area contributed by atoms with Crippen molar-refractivity contribution in [3.8, 4) is 0 Å². The maximum absolute atomic E-state index is 6.27. The Hall–Kier alpha value is -1.58. The number of hydrogen-bond donors (Lipinski definition) is 0. The molecular formula is C23H28BrNO. The maximum atomic E-state index is 6.27. The van der Waals surface area contributed by atoms with Crippen LogP contribution in [-0.2, 0) is 11.2 Å². The van der Waals surface area contributed by atoms with Crippen molar-refractivity contribution in [2.45, 2.75) is 38.2 Å². The third kappa shape index (κ3) is 4.77. The summed E-state index contributed by atoms with van der Waals surface area (Å²) in [6.07, 6.45) is 3.34. The molecule has 0 aliphatic carbocycles. The Bertz CT molecular complexity index is 715. The van der Waals surface area contributed by atoms with Crippen LogP contribution in [0.15, 0.2) is 71.3 Å². The summed E-state index contributed by atoms with van der Waals surface area (Å²) in [7, 11) is 0. The Morgan fingerprint density at radius 1 is 1.19 bits per heavy atom. The summed E-state index contributed by atoms with van der Waals surface area (Å²) >= 11 is 3.71. The van der Waals surface area contributed by atoms with E-state index in [4.69, 9.17) is 4.74 Å². The molecule has 0 amide bonds. The van der Waals surface area contributed by atoms with Gasteiger partial charge in [0.05, 0.1) is 12.7 Å². The summed E-state index contributed by atoms with van der Waals surface area (Å²) in [6.45, 7) is 9.15. The summed E-state index contributed by atoms with van der Waals surface area (Å²) < 4.78 is 7.44. The lowest BCUT2D eigenvalue weighted by Gasteiger charge is -2.39. The van der Waals surface area contributed by atoms with E-state index in [1.54, 1.807) is 0 Å². The molecular weight excluding hydrogens is 386 g/mol. The van der Waals surface area contributed by atoms with Gasteiger partial charge in [-0.05, 0) is 30.0 Å². The molecule has 0 saturated carbocycles. The fraction of sp³-hybridized carbons (Fsp3) is 0.391. The molecule has 3 heteroatoms. The normalized spacial score (nSPS) is 18.5. The standard InChI is InChI=1S/C23H28BrNO/c1-3-9-18(2)25-14-15-26-23(17-25)21(19-10-5-4-6-11-19)16-20-12-7-8-13-22(20)24/h4-8,10-13,21,23H,2-3,9,14-17H2,1H3. The van der Waals surface area contributed by atoms with Crippen LogP contribution in [-0.4, -0.2) is 30.7 Å². The highest BCUT2D eigenvalue weighted by atomic mass is 79.9. The summed E-state index contributed by atoms with van der Waals surface area (Å²) in [5.74, 6) is 0.326. The number of nitrogens with zero attached hydrogens (tertiary/aromatic N) is 1. The van der Waals surface area contributed by atoms with Gasteiger partial charge in [0, 0.05) is 29.2 Å². The SMILES string of the molecule is C=C(CCC)N1CCOC(C(Cc2ccccc2Br)c2ccccc2)C1. The Morgan fingerprint density at radius 2 is 1.92 bits per heavy atom. The van der Waals surface area contributed by atoms with Gasteiger partial charge in [-0.15, -0.1) is 0 Å². The molecule has 1 aliphatic heterocycles. The highest BCUT2D eigenvalue weighted by molar-refractivity contribution is 9.10. The molecule has 0 aromatic heterocycles. The molecule has 26 heavy (non-hydrogen) atoms. The lowest BCUT2D eigenvalue weighted by molar-refractivity contribution is -0.0318. The number of morpholine rings is 1. The molecule has 0 bridgehead atoms. The van der Waals surface area contributed by atoms with Crippen molar-refractivity contribution in [2.24, 2.45) is 0 Å². The van der Waals surface area contributed by atoms with E-state index in [0.29, 0.717) is 5.92 Å². The van der Waals surface area contributed by atoms with E-state index in [1.807, 2.05) is 0 Å². The number of allylic oxidation sites excluding steroid dienone is 1. The van der Waals surface area contributed by atoms with Crippen molar-refractivity contribution >= 4 is 15.9 Å². The average Bonchev–Trinajstić information content (AvgIpc) is 2.68. The summed E-state index contributed by atoms with van der Waals surface area (Å²) in [5.41, 5.74) is 3.92. The highest BCUT2D eigenvalue weighted by Gasteiger charge is 2.30. The zero-order valence-electron chi connectivity index (χ0n) is 15.5. The lowest BCUT2D eigenvalue weighted by Crippen LogP contribution is -2.44. The van der Waals surface area contributed by atoms with Gasteiger partial charge in [0.2, 0.25) is 0 Å². The Morgan fingerprint density at radius 3 is 2.65 bits per heavy atom. The van der Waals surface area contributed by atoms with E-state index < -0.39 is 0 Å². The maximum Gasteiger partial charge on any atom is 0.0822 e. The van der Waals surface area contributed by atoms with Gasteiger partial charge in [0.1, 0.15) is 0 Å². The Labute approximate surface area is 166 Å². The number of halogens is 1. The first-order valence-corrected chi connectivity index (χ1v) is 10.3. The second-order valence-corrected chi connectivity index (χ2v) is 7.84. The molecule has 1 saturated heterocycles. The molecule has 0 N–H and O–H groups in total. The minimum atomic E-state index is 0.173. The number of hydrogen-bond acceptors (Lipinski definition) is 2. The monoisotopic (exact) mass is 413 g/mol. The zero-order chi connectivity index (χ0) is 18.4. The van der Waals surface area contributed by atoms with Gasteiger partial charge < -0.3 is 9.64 Å². The molecule has 138 valence electrons. The average molecular weight is 414 g/mol. The first-order valence-electron chi connectivity index (χ1n) is 9.51. The smallest absolute Gasteiger partial charge is 0.0822 e. The van der Waals surface area contributed by atoms with Crippen molar-refractivity contribution in [2.75, 3.05) is 19.7 Å². The topological polar surface area (TPSA) is 12.5 Å². The molecule has 1 aliphatic rings.